The van der Waals surface area contributed by atoms with Crippen molar-refractivity contribution in [3.63, 3.8) is 0 Å². The Bertz CT molecular complexity index is 3770. The molecule has 10 aromatic carbocycles. The van der Waals surface area contributed by atoms with E-state index in [9.17, 15) is 5.48 Å². The Morgan fingerprint density at radius 1 is 0.424 bits per heavy atom. The highest BCUT2D eigenvalue weighted by Gasteiger charge is 2.21. The number of nitrogens with zero attached hydrogens (tertiary/aromatic N) is 2. The van der Waals surface area contributed by atoms with Gasteiger partial charge in [0.15, 0.2) is 0 Å². The maximum atomic E-state index is 9.72. The van der Waals surface area contributed by atoms with Gasteiger partial charge in [-0.3, -0.25) is 0 Å². The molecule has 3 heteroatoms. The number of hydrogen-bond donors (Lipinski definition) is 0. The Labute approximate surface area is 346 Å². The summed E-state index contributed by atoms with van der Waals surface area (Å²) in [7, 11) is 0. The van der Waals surface area contributed by atoms with Gasteiger partial charge in [0.1, 0.15) is 11.2 Å². The summed E-state index contributed by atoms with van der Waals surface area (Å²) in [6, 6.07) is 65.0. The van der Waals surface area contributed by atoms with Crippen LogP contribution in [0.25, 0.3) is 93.2 Å². The second kappa shape index (κ2) is 13.4. The van der Waals surface area contributed by atoms with E-state index >= 15 is 0 Å². The van der Waals surface area contributed by atoms with E-state index in [1.54, 1.807) is 0 Å². The normalized spacial score (nSPS) is 12.7. The van der Waals surface area contributed by atoms with Gasteiger partial charge in [0.25, 0.3) is 0 Å². The highest BCUT2D eigenvalue weighted by molar-refractivity contribution is 6.20. The number of aromatic nitrogens is 1. The molecule has 2 heterocycles. The van der Waals surface area contributed by atoms with E-state index in [-0.39, 0.29) is 35.4 Å². The van der Waals surface area contributed by atoms with Gasteiger partial charge in [-0.2, -0.15) is 0 Å². The van der Waals surface area contributed by atoms with Gasteiger partial charge in [0.2, 0.25) is 0 Å². The van der Waals surface area contributed by atoms with Crippen molar-refractivity contribution in [1.82, 2.24) is 4.57 Å². The maximum Gasteiger partial charge on any atom is 0.143 e. The second-order valence-electron chi connectivity index (χ2n) is 15.0. The molecule has 0 bridgehead atoms. The van der Waals surface area contributed by atoms with Crippen LogP contribution in [0.15, 0.2) is 223 Å². The van der Waals surface area contributed by atoms with E-state index < -0.39 is 0 Å². The standard InChI is InChI=1S/C56H36N2O/c1-2-15-43(16-3-1)58-50-20-9-8-18-48(50)54-46(19-10-21-51(54)58)40-28-33-45(34-29-40)57(44-31-26-38(27-32-44)42-25-24-37-12-4-5-14-41(37)36-42)52-22-11-23-53-55(52)49-35-30-39-13-6-7-17-47(39)56(49)59-53/h1-36H/i26D,27D,31D,32D. The number of fused-ring (bicyclic) bond motifs is 9. The average molecular weight is 757 g/mol. The van der Waals surface area contributed by atoms with Gasteiger partial charge in [0, 0.05) is 38.6 Å². The lowest BCUT2D eigenvalue weighted by Crippen LogP contribution is -2.10. The molecule has 0 atom stereocenters. The number of anilines is 3. The fraction of sp³-hybridized carbons (Fsp3) is 0. The monoisotopic (exact) mass is 756 g/mol. The van der Waals surface area contributed by atoms with Gasteiger partial charge in [-0.05, 0) is 111 Å². The average Bonchev–Trinajstić information content (AvgIpc) is 3.89. The molecular formula is C56H36N2O. The molecule has 0 aliphatic heterocycles. The maximum absolute atomic E-state index is 9.72. The van der Waals surface area contributed by atoms with Crippen LogP contribution >= 0.6 is 0 Å². The second-order valence-corrected chi connectivity index (χ2v) is 15.0. The van der Waals surface area contributed by atoms with Gasteiger partial charge in [-0.1, -0.05) is 146 Å². The molecule has 0 aliphatic carbocycles. The van der Waals surface area contributed by atoms with Crippen LogP contribution in [0.4, 0.5) is 17.1 Å². The predicted molar refractivity (Wildman–Crippen MR) is 249 cm³/mol. The Morgan fingerprint density at radius 3 is 1.95 bits per heavy atom. The summed E-state index contributed by atoms with van der Waals surface area (Å²) in [6.07, 6.45) is 0. The van der Waals surface area contributed by atoms with Gasteiger partial charge < -0.3 is 13.9 Å². The third kappa shape index (κ3) is 5.36. The minimum Gasteiger partial charge on any atom is -0.455 e. The molecule has 0 aliphatic rings. The molecule has 0 saturated heterocycles. The molecule has 0 fully saturated rings. The highest BCUT2D eigenvalue weighted by atomic mass is 16.3. The highest BCUT2D eigenvalue weighted by Crippen LogP contribution is 2.46. The van der Waals surface area contributed by atoms with E-state index in [0.29, 0.717) is 22.5 Å². The first-order valence-electron chi connectivity index (χ1n) is 21.9. The van der Waals surface area contributed by atoms with Crippen molar-refractivity contribution in [3.05, 3.63) is 218 Å². The first-order chi connectivity index (χ1) is 30.9. The number of para-hydroxylation sites is 2. The van der Waals surface area contributed by atoms with Crippen LogP contribution < -0.4 is 4.90 Å². The molecule has 0 N–H and O–H groups in total. The topological polar surface area (TPSA) is 21.3 Å². The fourth-order valence-electron chi connectivity index (χ4n) is 8.92. The van der Waals surface area contributed by atoms with Crippen LogP contribution in [-0.2, 0) is 0 Å². The third-order valence-electron chi connectivity index (χ3n) is 11.6. The van der Waals surface area contributed by atoms with Crippen molar-refractivity contribution in [2.45, 2.75) is 0 Å². The van der Waals surface area contributed by atoms with E-state index in [1.807, 2.05) is 95.9 Å². The summed E-state index contributed by atoms with van der Waals surface area (Å²) in [5.74, 6) is 0. The van der Waals surface area contributed by atoms with Gasteiger partial charge in [-0.25, -0.2) is 0 Å². The number of benzene rings is 10. The zero-order valence-corrected chi connectivity index (χ0v) is 31.8. The first kappa shape index (κ1) is 29.4. The van der Waals surface area contributed by atoms with E-state index in [1.165, 1.54) is 0 Å². The quantitative estimate of drug-likeness (QED) is 0.168. The smallest absolute Gasteiger partial charge is 0.143 e. The summed E-state index contributed by atoms with van der Waals surface area (Å²) in [5.41, 5.74) is 9.21. The minimum absolute atomic E-state index is 0.111. The zero-order chi connectivity index (χ0) is 42.3. The molecule has 59 heavy (non-hydrogen) atoms. The van der Waals surface area contributed by atoms with Crippen molar-refractivity contribution < 1.29 is 9.90 Å². The van der Waals surface area contributed by atoms with Crippen molar-refractivity contribution in [2.75, 3.05) is 4.90 Å². The predicted octanol–water partition coefficient (Wildman–Crippen LogP) is 15.8. The first-order valence-corrected chi connectivity index (χ1v) is 19.9. The molecular weight excluding hydrogens is 717 g/mol. The van der Waals surface area contributed by atoms with Gasteiger partial charge >= 0.3 is 0 Å². The third-order valence-corrected chi connectivity index (χ3v) is 11.6. The molecule has 0 amide bonds. The lowest BCUT2D eigenvalue weighted by Gasteiger charge is -2.26. The van der Waals surface area contributed by atoms with Crippen LogP contribution in [0.5, 0.6) is 0 Å². The Kier molecular flexibility index (Phi) is 6.65. The molecule has 12 aromatic rings. The Balaban J connectivity index is 1.08. The van der Waals surface area contributed by atoms with Crippen molar-refractivity contribution in [3.8, 4) is 27.9 Å². The van der Waals surface area contributed by atoms with Crippen LogP contribution in [0.2, 0.25) is 0 Å². The van der Waals surface area contributed by atoms with Crippen molar-refractivity contribution in [1.29, 1.82) is 0 Å². The van der Waals surface area contributed by atoms with Crippen molar-refractivity contribution in [2.24, 2.45) is 0 Å². The number of rotatable bonds is 6. The van der Waals surface area contributed by atoms with Crippen LogP contribution in [0.3, 0.4) is 0 Å². The molecule has 0 radical (unpaired) electrons. The Hall–Kier alpha value is -7.88. The summed E-state index contributed by atoms with van der Waals surface area (Å²) in [6.45, 7) is 0. The van der Waals surface area contributed by atoms with Crippen LogP contribution in [-0.4, -0.2) is 4.57 Å². The van der Waals surface area contributed by atoms with E-state index in [0.717, 1.165) is 76.5 Å². The van der Waals surface area contributed by atoms with Crippen LogP contribution in [0, 0.1) is 0 Å². The summed E-state index contributed by atoms with van der Waals surface area (Å²) < 4.78 is 47.4. The molecule has 3 nitrogen and oxygen atoms in total. The molecule has 0 spiro atoms. The molecule has 2 aromatic heterocycles. The zero-order valence-electron chi connectivity index (χ0n) is 35.8. The summed E-state index contributed by atoms with van der Waals surface area (Å²) in [5, 5.41) is 8.05. The summed E-state index contributed by atoms with van der Waals surface area (Å²) >= 11 is 0. The molecule has 276 valence electrons. The van der Waals surface area contributed by atoms with Gasteiger partial charge in [-0.15, -0.1) is 0 Å². The van der Waals surface area contributed by atoms with Crippen molar-refractivity contribution >= 4 is 82.4 Å². The minimum atomic E-state index is -0.142. The van der Waals surface area contributed by atoms with Gasteiger partial charge in [0.05, 0.1) is 27.6 Å². The number of furan rings is 1. The Morgan fingerprint density at radius 2 is 1.10 bits per heavy atom. The molecule has 0 saturated carbocycles. The van der Waals surface area contributed by atoms with E-state index in [4.69, 9.17) is 4.42 Å². The lowest BCUT2D eigenvalue weighted by atomic mass is 9.98. The summed E-state index contributed by atoms with van der Waals surface area (Å²) in [4.78, 5) is 1.88. The van der Waals surface area contributed by atoms with Crippen LogP contribution in [0.1, 0.15) is 5.48 Å². The van der Waals surface area contributed by atoms with E-state index in [2.05, 4.69) is 108 Å². The lowest BCUT2D eigenvalue weighted by molar-refractivity contribution is 0.672. The largest absolute Gasteiger partial charge is 0.455 e. The number of hydrogen-bond acceptors (Lipinski definition) is 2. The SMILES string of the molecule is [2H]c1c([2H])c(N(c2ccc(-c3cccc4c3c3ccccc3n4-c3ccccc3)cc2)c2cccc3oc4c5ccccc5ccc4c23)c([2H])c([2H])c1-c1ccc2ccccc2c1. The fourth-order valence-corrected chi connectivity index (χ4v) is 8.92. The molecule has 0 unspecified atom stereocenters. The molecule has 12 rings (SSSR count).